The highest BCUT2D eigenvalue weighted by molar-refractivity contribution is 7.80. The summed E-state index contributed by atoms with van der Waals surface area (Å²) in [5, 5.41) is 3.99. The van der Waals surface area contributed by atoms with Gasteiger partial charge in [-0.05, 0) is 48.5 Å². The molecule has 116 valence electrons. The molecule has 0 aliphatic rings. The van der Waals surface area contributed by atoms with Gasteiger partial charge in [0.1, 0.15) is 5.75 Å². The lowest BCUT2D eigenvalue weighted by Crippen LogP contribution is -2.34. The second kappa shape index (κ2) is 7.80. The quantitative estimate of drug-likeness (QED) is 0.823. The van der Waals surface area contributed by atoms with Crippen LogP contribution in [0.2, 0.25) is 0 Å². The van der Waals surface area contributed by atoms with Crippen molar-refractivity contribution in [3.63, 3.8) is 0 Å². The third kappa shape index (κ3) is 3.98. The molecule has 1 unspecified atom stereocenters. The normalized spacial score (nSPS) is 11.6. The highest BCUT2D eigenvalue weighted by atomic mass is 32.1. The van der Waals surface area contributed by atoms with E-state index in [2.05, 4.69) is 29.3 Å². The molecule has 0 radical (unpaired) electrons. The van der Waals surface area contributed by atoms with Crippen molar-refractivity contribution in [2.45, 2.75) is 19.4 Å². The minimum absolute atomic E-state index is 0.207. The molecular formula is C18H22N2OS. The number of hydrogen-bond donors (Lipinski definition) is 1. The average Bonchev–Trinajstić information content (AvgIpc) is 2.56. The Hall–Kier alpha value is -2.07. The largest absolute Gasteiger partial charge is 0.497 e. The zero-order chi connectivity index (χ0) is 15.9. The van der Waals surface area contributed by atoms with Crippen LogP contribution < -0.4 is 10.1 Å². The van der Waals surface area contributed by atoms with Crippen molar-refractivity contribution in [2.24, 2.45) is 0 Å². The Balaban J connectivity index is 2.13. The second-order valence-corrected chi connectivity index (χ2v) is 5.49. The lowest BCUT2D eigenvalue weighted by molar-refractivity contribution is 0.366. The van der Waals surface area contributed by atoms with Crippen LogP contribution in [-0.2, 0) is 0 Å². The Morgan fingerprint density at radius 3 is 2.55 bits per heavy atom. The van der Waals surface area contributed by atoms with E-state index in [4.69, 9.17) is 17.0 Å². The second-order valence-electron chi connectivity index (χ2n) is 5.11. The molecule has 2 aromatic carbocycles. The van der Waals surface area contributed by atoms with Gasteiger partial charge in [0.2, 0.25) is 0 Å². The van der Waals surface area contributed by atoms with Crippen LogP contribution in [0.1, 0.15) is 24.9 Å². The summed E-state index contributed by atoms with van der Waals surface area (Å²) in [6, 6.07) is 18.3. The van der Waals surface area contributed by atoms with Crippen LogP contribution in [0.15, 0.2) is 54.6 Å². The summed E-state index contributed by atoms with van der Waals surface area (Å²) >= 11 is 5.55. The Morgan fingerprint density at radius 1 is 1.18 bits per heavy atom. The topological polar surface area (TPSA) is 24.5 Å². The Bertz CT molecular complexity index is 615. The molecule has 0 bridgehead atoms. The standard InChI is InChI=1S/C18H22N2OS/c1-4-17(14-9-8-12-16(13-14)21-3)20(2)18(22)19-15-10-6-5-7-11-15/h5-13,17H,4H2,1-3H3,(H,19,22). The molecule has 0 spiro atoms. The van der Waals surface area contributed by atoms with Crippen molar-refractivity contribution in [1.82, 2.24) is 4.90 Å². The third-order valence-electron chi connectivity index (χ3n) is 3.68. The molecule has 22 heavy (non-hydrogen) atoms. The number of anilines is 1. The summed E-state index contributed by atoms with van der Waals surface area (Å²) < 4.78 is 5.32. The van der Waals surface area contributed by atoms with Crippen LogP contribution in [0.3, 0.4) is 0 Å². The highest BCUT2D eigenvalue weighted by Crippen LogP contribution is 2.26. The molecule has 1 atom stereocenters. The molecule has 0 aliphatic carbocycles. The molecule has 2 rings (SSSR count). The van der Waals surface area contributed by atoms with E-state index in [1.807, 2.05) is 49.5 Å². The van der Waals surface area contributed by atoms with Crippen molar-refractivity contribution in [1.29, 1.82) is 0 Å². The summed E-state index contributed by atoms with van der Waals surface area (Å²) in [4.78, 5) is 2.09. The van der Waals surface area contributed by atoms with E-state index in [1.165, 1.54) is 5.56 Å². The summed E-state index contributed by atoms with van der Waals surface area (Å²) in [6.07, 6.45) is 0.959. The van der Waals surface area contributed by atoms with Gasteiger partial charge in [0.05, 0.1) is 13.2 Å². The number of rotatable bonds is 5. The smallest absolute Gasteiger partial charge is 0.173 e. The Kier molecular flexibility index (Phi) is 5.78. The SMILES string of the molecule is CCC(c1cccc(OC)c1)N(C)C(=S)Nc1ccccc1. The van der Waals surface area contributed by atoms with Crippen LogP contribution >= 0.6 is 12.2 Å². The van der Waals surface area contributed by atoms with E-state index in [9.17, 15) is 0 Å². The van der Waals surface area contributed by atoms with Gasteiger partial charge in [-0.2, -0.15) is 0 Å². The number of methoxy groups -OCH3 is 1. The van der Waals surface area contributed by atoms with Crippen LogP contribution in [-0.4, -0.2) is 24.2 Å². The number of nitrogens with one attached hydrogen (secondary N) is 1. The molecule has 0 fully saturated rings. The molecular weight excluding hydrogens is 292 g/mol. The van der Waals surface area contributed by atoms with Gasteiger partial charge in [0.25, 0.3) is 0 Å². The maximum Gasteiger partial charge on any atom is 0.173 e. The van der Waals surface area contributed by atoms with Crippen molar-refractivity contribution in [2.75, 3.05) is 19.5 Å². The Morgan fingerprint density at radius 2 is 1.91 bits per heavy atom. The number of benzene rings is 2. The van der Waals surface area contributed by atoms with Crippen molar-refractivity contribution >= 4 is 23.0 Å². The monoisotopic (exact) mass is 314 g/mol. The average molecular weight is 314 g/mol. The molecule has 0 amide bonds. The third-order valence-corrected chi connectivity index (χ3v) is 4.07. The van der Waals surface area contributed by atoms with Crippen molar-refractivity contribution < 1.29 is 4.74 Å². The number of ether oxygens (including phenoxy) is 1. The van der Waals surface area contributed by atoms with Gasteiger partial charge in [-0.3, -0.25) is 0 Å². The van der Waals surface area contributed by atoms with E-state index in [1.54, 1.807) is 7.11 Å². The van der Waals surface area contributed by atoms with Gasteiger partial charge in [-0.1, -0.05) is 37.3 Å². The maximum atomic E-state index is 5.55. The molecule has 0 heterocycles. The first-order valence-corrected chi connectivity index (χ1v) is 7.79. The summed E-state index contributed by atoms with van der Waals surface area (Å²) in [5.74, 6) is 0.867. The van der Waals surface area contributed by atoms with Crippen LogP contribution in [0.5, 0.6) is 5.75 Å². The summed E-state index contributed by atoms with van der Waals surface area (Å²) in [5.41, 5.74) is 2.20. The van der Waals surface area contributed by atoms with E-state index in [-0.39, 0.29) is 6.04 Å². The number of hydrogen-bond acceptors (Lipinski definition) is 2. The van der Waals surface area contributed by atoms with Crippen molar-refractivity contribution in [3.8, 4) is 5.75 Å². The predicted molar refractivity (Wildman–Crippen MR) is 96.5 cm³/mol. The van der Waals surface area contributed by atoms with Crippen LogP contribution in [0.4, 0.5) is 5.69 Å². The lowest BCUT2D eigenvalue weighted by atomic mass is 10.0. The van der Waals surface area contributed by atoms with E-state index >= 15 is 0 Å². The molecule has 2 aromatic rings. The van der Waals surface area contributed by atoms with Gasteiger partial charge in [0.15, 0.2) is 5.11 Å². The van der Waals surface area contributed by atoms with Gasteiger partial charge < -0.3 is 15.0 Å². The molecule has 3 nitrogen and oxygen atoms in total. The number of para-hydroxylation sites is 1. The first-order chi connectivity index (χ1) is 10.7. The van der Waals surface area contributed by atoms with E-state index in [0.717, 1.165) is 17.9 Å². The zero-order valence-corrected chi connectivity index (χ0v) is 14.1. The zero-order valence-electron chi connectivity index (χ0n) is 13.2. The summed E-state index contributed by atoms with van der Waals surface area (Å²) in [7, 11) is 3.71. The highest BCUT2D eigenvalue weighted by Gasteiger charge is 2.18. The predicted octanol–water partition coefficient (Wildman–Crippen LogP) is 4.48. The lowest BCUT2D eigenvalue weighted by Gasteiger charge is -2.30. The molecule has 0 saturated heterocycles. The van der Waals surface area contributed by atoms with Crippen LogP contribution in [0, 0.1) is 0 Å². The van der Waals surface area contributed by atoms with Crippen molar-refractivity contribution in [3.05, 3.63) is 60.2 Å². The maximum absolute atomic E-state index is 5.55. The van der Waals surface area contributed by atoms with Crippen LogP contribution in [0.25, 0.3) is 0 Å². The summed E-state index contributed by atoms with van der Waals surface area (Å²) in [6.45, 7) is 2.16. The molecule has 0 saturated carbocycles. The van der Waals surface area contributed by atoms with E-state index in [0.29, 0.717) is 5.11 Å². The molecule has 4 heteroatoms. The first-order valence-electron chi connectivity index (χ1n) is 7.38. The minimum atomic E-state index is 0.207. The van der Waals surface area contributed by atoms with Gasteiger partial charge in [0, 0.05) is 12.7 Å². The molecule has 1 N–H and O–H groups in total. The number of thiocarbonyl (C=S) groups is 1. The van der Waals surface area contributed by atoms with Gasteiger partial charge >= 0.3 is 0 Å². The molecule has 0 aromatic heterocycles. The fraction of sp³-hybridized carbons (Fsp3) is 0.278. The number of nitrogens with zero attached hydrogens (tertiary/aromatic N) is 1. The molecule has 0 aliphatic heterocycles. The first kappa shape index (κ1) is 16.3. The van der Waals surface area contributed by atoms with E-state index < -0.39 is 0 Å². The Labute approximate surface area is 137 Å². The fourth-order valence-corrected chi connectivity index (χ4v) is 2.70. The van der Waals surface area contributed by atoms with Gasteiger partial charge in [-0.25, -0.2) is 0 Å². The fourth-order valence-electron chi connectivity index (χ4n) is 2.46. The van der Waals surface area contributed by atoms with Gasteiger partial charge in [-0.15, -0.1) is 0 Å². The minimum Gasteiger partial charge on any atom is -0.497 e.